The van der Waals surface area contributed by atoms with Crippen molar-refractivity contribution in [3.8, 4) is 5.75 Å². The van der Waals surface area contributed by atoms with Crippen LogP contribution in [0.3, 0.4) is 0 Å². The quantitative estimate of drug-likeness (QED) is 0.859. The normalized spacial score (nSPS) is 21.3. The molecular weight excluding hydrogens is 359 g/mol. The first-order valence-electron chi connectivity index (χ1n) is 7.58. The lowest BCUT2D eigenvalue weighted by atomic mass is 10.1. The van der Waals surface area contributed by atoms with Crippen LogP contribution in [0.2, 0.25) is 0 Å². The molecule has 10 heteroatoms. The van der Waals surface area contributed by atoms with Crippen LogP contribution in [0.15, 0.2) is 18.2 Å². The summed E-state index contributed by atoms with van der Waals surface area (Å²) in [6, 6.07) is 3.96. The number of halogens is 3. The molecular formula is C15H16F3N3O3S. The van der Waals surface area contributed by atoms with Gasteiger partial charge in [-0.25, -0.2) is 4.98 Å². The van der Waals surface area contributed by atoms with E-state index in [1.807, 2.05) is 0 Å². The zero-order valence-corrected chi connectivity index (χ0v) is 14.0. The third kappa shape index (κ3) is 4.59. The zero-order chi connectivity index (χ0) is 18.0. The number of ether oxygens (including phenoxy) is 2. The number of carbonyl (C=O) groups excluding carboxylic acids is 1. The number of hydrogen-bond acceptors (Lipinski definition) is 6. The molecule has 0 bridgehead atoms. The van der Waals surface area contributed by atoms with Crippen LogP contribution in [0.1, 0.15) is 6.92 Å². The Morgan fingerprint density at radius 3 is 3.04 bits per heavy atom. The molecule has 25 heavy (non-hydrogen) atoms. The van der Waals surface area contributed by atoms with Crippen molar-refractivity contribution >= 4 is 32.6 Å². The number of nitrogens with one attached hydrogen (secondary N) is 2. The summed E-state index contributed by atoms with van der Waals surface area (Å²) >= 11 is 1.17. The zero-order valence-electron chi connectivity index (χ0n) is 13.2. The Labute approximate surface area is 145 Å². The number of morpholine rings is 1. The van der Waals surface area contributed by atoms with Crippen molar-refractivity contribution in [1.82, 2.24) is 10.3 Å². The van der Waals surface area contributed by atoms with Gasteiger partial charge < -0.3 is 20.1 Å². The second-order valence-corrected chi connectivity index (χ2v) is 6.58. The topological polar surface area (TPSA) is 72.5 Å². The standard InChI is InChI=1S/C15H16F3N3O3S/c1-8-12(19-4-5-23-8)13(22)21-14-20-10-3-2-9(6-11(10)25-14)24-7-15(16,17)18/h2-3,6,8,12,19H,4-5,7H2,1H3,(H,20,21,22)/t8-,12+/m1/s1. The summed E-state index contributed by atoms with van der Waals surface area (Å²) in [5, 5.41) is 6.16. The van der Waals surface area contributed by atoms with Gasteiger partial charge in [-0.2, -0.15) is 13.2 Å². The molecule has 0 spiro atoms. The summed E-state index contributed by atoms with van der Waals surface area (Å²) < 4.78 is 47.4. The number of amides is 1. The largest absolute Gasteiger partial charge is 0.484 e. The SMILES string of the molecule is C[C@H]1OCCN[C@@H]1C(=O)Nc1nc2ccc(OCC(F)(F)F)cc2s1. The van der Waals surface area contributed by atoms with E-state index in [-0.39, 0.29) is 17.8 Å². The number of nitrogens with zero attached hydrogens (tertiary/aromatic N) is 1. The van der Waals surface area contributed by atoms with Gasteiger partial charge in [0.1, 0.15) is 11.8 Å². The van der Waals surface area contributed by atoms with Crippen LogP contribution < -0.4 is 15.4 Å². The fourth-order valence-corrected chi connectivity index (χ4v) is 3.32. The van der Waals surface area contributed by atoms with Crippen LogP contribution in [-0.2, 0) is 9.53 Å². The van der Waals surface area contributed by atoms with Crippen LogP contribution in [-0.4, -0.2) is 49.0 Å². The number of aromatic nitrogens is 1. The second-order valence-electron chi connectivity index (χ2n) is 5.55. The fraction of sp³-hybridized carbons (Fsp3) is 0.467. The van der Waals surface area contributed by atoms with Gasteiger partial charge in [0.05, 0.1) is 22.9 Å². The molecule has 0 unspecified atom stereocenters. The molecule has 2 atom stereocenters. The molecule has 1 aliphatic rings. The maximum absolute atomic E-state index is 12.3. The molecule has 1 saturated heterocycles. The number of carbonyl (C=O) groups is 1. The molecule has 0 aliphatic carbocycles. The Balaban J connectivity index is 1.69. The van der Waals surface area contributed by atoms with Crippen LogP contribution in [0, 0.1) is 0 Å². The first kappa shape index (κ1) is 17.9. The summed E-state index contributed by atoms with van der Waals surface area (Å²) in [5.41, 5.74) is 0.570. The van der Waals surface area contributed by atoms with E-state index in [4.69, 9.17) is 9.47 Å². The van der Waals surface area contributed by atoms with Gasteiger partial charge in [0.15, 0.2) is 11.7 Å². The van der Waals surface area contributed by atoms with Crippen molar-refractivity contribution < 1.29 is 27.4 Å². The highest BCUT2D eigenvalue weighted by molar-refractivity contribution is 7.22. The molecule has 3 rings (SSSR count). The molecule has 0 saturated carbocycles. The van der Waals surface area contributed by atoms with E-state index in [1.54, 1.807) is 13.0 Å². The summed E-state index contributed by atoms with van der Waals surface area (Å²) in [4.78, 5) is 16.6. The highest BCUT2D eigenvalue weighted by Gasteiger charge is 2.29. The minimum Gasteiger partial charge on any atom is -0.484 e. The van der Waals surface area contributed by atoms with E-state index in [0.717, 1.165) is 0 Å². The van der Waals surface area contributed by atoms with Crippen molar-refractivity contribution in [2.45, 2.75) is 25.2 Å². The first-order chi connectivity index (χ1) is 11.8. The number of fused-ring (bicyclic) bond motifs is 1. The molecule has 136 valence electrons. The van der Waals surface area contributed by atoms with Crippen molar-refractivity contribution in [3.05, 3.63) is 18.2 Å². The van der Waals surface area contributed by atoms with Crippen LogP contribution in [0.25, 0.3) is 10.2 Å². The van der Waals surface area contributed by atoms with Crippen LogP contribution in [0.4, 0.5) is 18.3 Å². The fourth-order valence-electron chi connectivity index (χ4n) is 2.42. The smallest absolute Gasteiger partial charge is 0.422 e. The predicted molar refractivity (Wildman–Crippen MR) is 87.0 cm³/mol. The van der Waals surface area contributed by atoms with Gasteiger partial charge in [-0.15, -0.1) is 0 Å². The minimum atomic E-state index is -4.40. The lowest BCUT2D eigenvalue weighted by Crippen LogP contribution is -2.53. The highest BCUT2D eigenvalue weighted by atomic mass is 32.1. The molecule has 1 aromatic heterocycles. The van der Waals surface area contributed by atoms with Gasteiger partial charge in [0.25, 0.3) is 0 Å². The van der Waals surface area contributed by atoms with E-state index in [1.165, 1.54) is 23.5 Å². The van der Waals surface area contributed by atoms with Gasteiger partial charge in [-0.1, -0.05) is 11.3 Å². The van der Waals surface area contributed by atoms with E-state index >= 15 is 0 Å². The molecule has 0 radical (unpaired) electrons. The van der Waals surface area contributed by atoms with Gasteiger partial charge in [0.2, 0.25) is 5.91 Å². The highest BCUT2D eigenvalue weighted by Crippen LogP contribution is 2.30. The third-order valence-corrected chi connectivity index (χ3v) is 4.53. The molecule has 1 amide bonds. The Bertz CT molecular complexity index is 765. The van der Waals surface area contributed by atoms with Gasteiger partial charge in [-0.3, -0.25) is 4.79 Å². The molecule has 2 heterocycles. The summed E-state index contributed by atoms with van der Waals surface area (Å²) in [7, 11) is 0. The van der Waals surface area contributed by atoms with Gasteiger partial charge in [-0.05, 0) is 25.1 Å². The molecule has 1 fully saturated rings. The number of rotatable bonds is 4. The summed E-state index contributed by atoms with van der Waals surface area (Å²) in [6.07, 6.45) is -4.65. The van der Waals surface area contributed by atoms with E-state index in [2.05, 4.69) is 15.6 Å². The maximum Gasteiger partial charge on any atom is 0.422 e. The first-order valence-corrected chi connectivity index (χ1v) is 8.39. The average Bonchev–Trinajstić information content (AvgIpc) is 2.94. The summed E-state index contributed by atoms with van der Waals surface area (Å²) in [5.74, 6) is -0.165. The van der Waals surface area contributed by atoms with Crippen molar-refractivity contribution in [2.24, 2.45) is 0 Å². The Hall–Kier alpha value is -1.91. The van der Waals surface area contributed by atoms with Crippen molar-refractivity contribution in [2.75, 3.05) is 25.1 Å². The van der Waals surface area contributed by atoms with Gasteiger partial charge >= 0.3 is 6.18 Å². The molecule has 2 aromatic rings. The van der Waals surface area contributed by atoms with Crippen LogP contribution >= 0.6 is 11.3 Å². The van der Waals surface area contributed by atoms with Crippen molar-refractivity contribution in [1.29, 1.82) is 0 Å². The lowest BCUT2D eigenvalue weighted by molar-refractivity contribution is -0.153. The summed E-state index contributed by atoms with van der Waals surface area (Å²) in [6.45, 7) is 1.58. The van der Waals surface area contributed by atoms with E-state index < -0.39 is 18.8 Å². The molecule has 6 nitrogen and oxygen atoms in total. The number of thiazole rings is 1. The number of hydrogen-bond donors (Lipinski definition) is 2. The van der Waals surface area contributed by atoms with E-state index in [0.29, 0.717) is 28.5 Å². The average molecular weight is 375 g/mol. The molecule has 2 N–H and O–H groups in total. The Kier molecular flexibility index (Phi) is 5.11. The van der Waals surface area contributed by atoms with Crippen LogP contribution in [0.5, 0.6) is 5.75 Å². The van der Waals surface area contributed by atoms with Gasteiger partial charge in [0, 0.05) is 6.54 Å². The van der Waals surface area contributed by atoms with E-state index in [9.17, 15) is 18.0 Å². The number of anilines is 1. The number of alkyl halides is 3. The monoisotopic (exact) mass is 375 g/mol. The Morgan fingerprint density at radius 2 is 2.32 bits per heavy atom. The number of benzene rings is 1. The lowest BCUT2D eigenvalue weighted by Gasteiger charge is -2.28. The maximum atomic E-state index is 12.3. The minimum absolute atomic E-state index is 0.0994. The Morgan fingerprint density at radius 1 is 1.52 bits per heavy atom. The molecule has 1 aromatic carbocycles. The van der Waals surface area contributed by atoms with Crippen molar-refractivity contribution in [3.63, 3.8) is 0 Å². The predicted octanol–water partition coefficient (Wildman–Crippen LogP) is 2.55. The second kappa shape index (κ2) is 7.14. The third-order valence-electron chi connectivity index (χ3n) is 3.59. The molecule has 1 aliphatic heterocycles.